The lowest BCUT2D eigenvalue weighted by Crippen LogP contribution is -2.28. The summed E-state index contributed by atoms with van der Waals surface area (Å²) in [7, 11) is 0. The van der Waals surface area contributed by atoms with Crippen molar-refractivity contribution in [1.29, 1.82) is 5.26 Å². The minimum atomic E-state index is -0.0712. The number of aromatic nitrogens is 1. The summed E-state index contributed by atoms with van der Waals surface area (Å²) in [4.78, 5) is 6.88. The van der Waals surface area contributed by atoms with Gasteiger partial charge in [0, 0.05) is 19.4 Å². The van der Waals surface area contributed by atoms with Gasteiger partial charge in [0.2, 0.25) is 5.88 Å². The highest BCUT2D eigenvalue weighted by Gasteiger charge is 2.29. The maximum Gasteiger partial charge on any atom is 0.220 e. The van der Waals surface area contributed by atoms with Crippen LogP contribution < -0.4 is 4.90 Å². The largest absolute Gasteiger partial charge is 0.425 e. The fraction of sp³-hybridized carbons (Fsp3) is 0.500. The van der Waals surface area contributed by atoms with E-state index in [0.29, 0.717) is 0 Å². The van der Waals surface area contributed by atoms with Gasteiger partial charge >= 0.3 is 0 Å². The Labute approximate surface area is 154 Å². The fourth-order valence-corrected chi connectivity index (χ4v) is 3.71. The molecule has 132 valence electrons. The Balaban J connectivity index is 1.68. The molecule has 5 heteroatoms. The van der Waals surface area contributed by atoms with E-state index in [0.717, 1.165) is 68.3 Å². The number of nitriles is 1. The number of oxazole rings is 1. The normalized spacial score (nSPS) is 17.0. The second kappa shape index (κ2) is 8.96. The monoisotopic (exact) mass is 355 g/mol. The van der Waals surface area contributed by atoms with E-state index < -0.39 is 0 Å². The first-order valence-electron chi connectivity index (χ1n) is 8.99. The molecule has 0 N–H and O–H groups in total. The molecule has 1 saturated heterocycles. The van der Waals surface area contributed by atoms with Gasteiger partial charge in [0.05, 0.1) is 6.07 Å². The van der Waals surface area contributed by atoms with Crippen molar-refractivity contribution in [3.63, 3.8) is 0 Å². The minimum Gasteiger partial charge on any atom is -0.425 e. The molecule has 0 spiro atoms. The molecular formula is C20H25N3OS. The maximum absolute atomic E-state index is 9.38. The predicted molar refractivity (Wildman–Crippen MR) is 103 cm³/mol. The van der Waals surface area contributed by atoms with Crippen molar-refractivity contribution >= 4 is 17.6 Å². The van der Waals surface area contributed by atoms with Gasteiger partial charge in [-0.15, -0.1) is 0 Å². The Bertz CT molecular complexity index is 707. The number of anilines is 1. The van der Waals surface area contributed by atoms with Crippen LogP contribution in [0.5, 0.6) is 0 Å². The van der Waals surface area contributed by atoms with Crippen LogP contribution in [0.4, 0.5) is 5.88 Å². The molecule has 3 rings (SSSR count). The molecule has 1 fully saturated rings. The quantitative estimate of drug-likeness (QED) is 0.708. The Morgan fingerprint density at radius 1 is 1.28 bits per heavy atom. The summed E-state index contributed by atoms with van der Waals surface area (Å²) < 4.78 is 6.12. The van der Waals surface area contributed by atoms with Gasteiger partial charge in [0.1, 0.15) is 11.7 Å². The van der Waals surface area contributed by atoms with Crippen LogP contribution in [0.1, 0.15) is 36.4 Å². The molecule has 25 heavy (non-hydrogen) atoms. The molecule has 4 nitrogen and oxygen atoms in total. The number of benzene rings is 1. The van der Waals surface area contributed by atoms with Crippen molar-refractivity contribution in [2.45, 2.75) is 44.6 Å². The summed E-state index contributed by atoms with van der Waals surface area (Å²) in [5.41, 5.74) is 2.37. The molecule has 2 aromatic rings. The summed E-state index contributed by atoms with van der Waals surface area (Å²) in [6.45, 7) is 0.892. The lowest BCUT2D eigenvalue weighted by atomic mass is 10.1. The first-order valence-corrected chi connectivity index (χ1v) is 10.4. The third-order valence-electron chi connectivity index (χ3n) is 4.63. The lowest BCUT2D eigenvalue weighted by Gasteiger charge is -2.19. The summed E-state index contributed by atoms with van der Waals surface area (Å²) in [6, 6.07) is 12.9. The molecule has 1 aliphatic rings. The van der Waals surface area contributed by atoms with E-state index in [-0.39, 0.29) is 6.04 Å². The lowest BCUT2D eigenvalue weighted by molar-refractivity contribution is 0.479. The zero-order chi connectivity index (χ0) is 17.5. The van der Waals surface area contributed by atoms with Crippen LogP contribution in [-0.2, 0) is 19.3 Å². The van der Waals surface area contributed by atoms with Crippen molar-refractivity contribution in [2.24, 2.45) is 0 Å². The first kappa shape index (κ1) is 17.9. The molecule has 1 aromatic heterocycles. The summed E-state index contributed by atoms with van der Waals surface area (Å²) >= 11 is 1.81. The Morgan fingerprint density at radius 3 is 2.88 bits per heavy atom. The van der Waals surface area contributed by atoms with Gasteiger partial charge in [-0.1, -0.05) is 30.3 Å². The number of aryl methyl sites for hydroxylation is 3. The van der Waals surface area contributed by atoms with Crippen LogP contribution >= 0.6 is 11.8 Å². The number of thioether (sulfide) groups is 1. The van der Waals surface area contributed by atoms with E-state index in [2.05, 4.69) is 41.5 Å². The van der Waals surface area contributed by atoms with Crippen molar-refractivity contribution < 1.29 is 4.42 Å². The molecule has 0 amide bonds. The molecule has 2 heterocycles. The van der Waals surface area contributed by atoms with Crippen LogP contribution in [-0.4, -0.2) is 29.6 Å². The Hall–Kier alpha value is -1.93. The summed E-state index contributed by atoms with van der Waals surface area (Å²) in [5.74, 6) is 2.67. The molecule has 1 aliphatic heterocycles. The van der Waals surface area contributed by atoms with Crippen molar-refractivity contribution in [1.82, 2.24) is 4.98 Å². The summed E-state index contributed by atoms with van der Waals surface area (Å²) in [5, 5.41) is 9.38. The van der Waals surface area contributed by atoms with E-state index in [1.807, 2.05) is 17.8 Å². The molecule has 0 aliphatic carbocycles. The van der Waals surface area contributed by atoms with Crippen molar-refractivity contribution in [3.8, 4) is 6.07 Å². The van der Waals surface area contributed by atoms with Gasteiger partial charge in [-0.2, -0.15) is 17.0 Å². The average molecular weight is 356 g/mol. The molecular weight excluding hydrogens is 330 g/mol. The van der Waals surface area contributed by atoms with E-state index in [1.165, 1.54) is 5.56 Å². The zero-order valence-electron chi connectivity index (χ0n) is 14.8. The highest BCUT2D eigenvalue weighted by atomic mass is 32.2. The highest BCUT2D eigenvalue weighted by molar-refractivity contribution is 7.98. The van der Waals surface area contributed by atoms with Gasteiger partial charge in [-0.25, -0.2) is 4.98 Å². The summed E-state index contributed by atoms with van der Waals surface area (Å²) in [6.07, 6.45) is 7.86. The molecule has 1 atom stereocenters. The number of nitrogens with zero attached hydrogens (tertiary/aromatic N) is 3. The fourth-order valence-electron chi connectivity index (χ4n) is 3.32. The second-order valence-electron chi connectivity index (χ2n) is 6.42. The molecule has 0 radical (unpaired) electrons. The van der Waals surface area contributed by atoms with E-state index in [1.54, 1.807) is 0 Å². The van der Waals surface area contributed by atoms with Gasteiger partial charge in [-0.05, 0) is 43.3 Å². The minimum absolute atomic E-state index is 0.0712. The van der Waals surface area contributed by atoms with E-state index in [9.17, 15) is 5.26 Å². The van der Waals surface area contributed by atoms with Crippen LogP contribution in [0.25, 0.3) is 0 Å². The zero-order valence-corrected chi connectivity index (χ0v) is 15.6. The molecule has 1 aromatic carbocycles. The second-order valence-corrected chi connectivity index (χ2v) is 7.41. The number of hydrogen-bond acceptors (Lipinski definition) is 5. The van der Waals surface area contributed by atoms with Gasteiger partial charge in [0.15, 0.2) is 5.89 Å². The van der Waals surface area contributed by atoms with Crippen LogP contribution in [0.2, 0.25) is 0 Å². The molecule has 0 unspecified atom stereocenters. The van der Waals surface area contributed by atoms with Crippen molar-refractivity contribution in [2.75, 3.05) is 23.5 Å². The van der Waals surface area contributed by atoms with Crippen molar-refractivity contribution in [3.05, 3.63) is 47.5 Å². The average Bonchev–Trinajstić information content (AvgIpc) is 3.27. The molecule has 0 bridgehead atoms. The number of hydrogen-bond donors (Lipinski definition) is 0. The van der Waals surface area contributed by atoms with Gasteiger partial charge in [-0.3, -0.25) is 0 Å². The highest BCUT2D eigenvalue weighted by Crippen LogP contribution is 2.30. The Morgan fingerprint density at radius 2 is 2.12 bits per heavy atom. The van der Waals surface area contributed by atoms with E-state index >= 15 is 0 Å². The number of rotatable bonds is 8. The van der Waals surface area contributed by atoms with Crippen LogP contribution in [0.3, 0.4) is 0 Å². The third-order valence-corrected chi connectivity index (χ3v) is 5.24. The third kappa shape index (κ3) is 4.58. The topological polar surface area (TPSA) is 53.1 Å². The first-order chi connectivity index (χ1) is 12.3. The van der Waals surface area contributed by atoms with Gasteiger partial charge < -0.3 is 9.32 Å². The maximum atomic E-state index is 9.38. The Kier molecular flexibility index (Phi) is 6.41. The van der Waals surface area contributed by atoms with Crippen LogP contribution in [0.15, 0.2) is 34.7 Å². The van der Waals surface area contributed by atoms with Gasteiger partial charge in [0.25, 0.3) is 0 Å². The van der Waals surface area contributed by atoms with Crippen LogP contribution in [0, 0.1) is 11.3 Å². The smallest absolute Gasteiger partial charge is 0.220 e. The molecule has 0 saturated carbocycles. The van der Waals surface area contributed by atoms with E-state index in [4.69, 9.17) is 9.40 Å². The standard InChI is InChI=1S/C20H25N3OS/c1-25-14-12-18-20(23-13-6-10-17(23)15-21)24-19(22-18)11-5-9-16-7-3-2-4-8-16/h2-4,7-8,17H,5-6,9-14H2,1H3/t17-/m0/s1. The SMILES string of the molecule is CSCCc1nc(CCCc2ccccc2)oc1N1CCC[C@H]1C#N. The predicted octanol–water partition coefficient (Wildman–Crippen LogP) is 4.25.